The van der Waals surface area contributed by atoms with Gasteiger partial charge < -0.3 is 10.4 Å². The Morgan fingerprint density at radius 2 is 2.53 bits per heavy atom. The summed E-state index contributed by atoms with van der Waals surface area (Å²) in [7, 11) is 1.89. The van der Waals surface area contributed by atoms with Crippen LogP contribution in [0, 0.1) is 5.41 Å². The number of anilines is 1. The van der Waals surface area contributed by atoms with Crippen LogP contribution >= 0.6 is 11.3 Å². The Labute approximate surface area is 119 Å². The lowest BCUT2D eigenvalue weighted by atomic mass is 9.78. The number of likely N-dealkylation sites (tertiary alicyclic amines) is 1. The standard InChI is InChI=1S/C14H23N3OS/c1-3-5-14(11-18)6-4-7-17(10-14)8-12-9-19-13(15-2)16-12/h3,9,18H,1,4-8,10-11H2,2H3,(H,15,16). The molecule has 1 unspecified atom stereocenters. The summed E-state index contributed by atoms with van der Waals surface area (Å²) in [5, 5.41) is 15.8. The third-order valence-corrected chi connectivity index (χ3v) is 4.71. The van der Waals surface area contributed by atoms with Gasteiger partial charge in [0.1, 0.15) is 0 Å². The van der Waals surface area contributed by atoms with Crippen LogP contribution in [0.1, 0.15) is 25.0 Å². The van der Waals surface area contributed by atoms with Crippen molar-refractivity contribution >= 4 is 16.5 Å². The summed E-state index contributed by atoms with van der Waals surface area (Å²) in [6, 6.07) is 0. The molecule has 1 aliphatic heterocycles. The van der Waals surface area contributed by atoms with E-state index < -0.39 is 0 Å². The van der Waals surface area contributed by atoms with Gasteiger partial charge in [-0.25, -0.2) is 4.98 Å². The van der Waals surface area contributed by atoms with Crippen LogP contribution in [0.15, 0.2) is 18.0 Å². The molecule has 2 rings (SSSR count). The summed E-state index contributed by atoms with van der Waals surface area (Å²) in [5.74, 6) is 0. The number of hydrogen-bond acceptors (Lipinski definition) is 5. The van der Waals surface area contributed by atoms with Gasteiger partial charge >= 0.3 is 0 Å². The smallest absolute Gasteiger partial charge is 0.182 e. The molecule has 1 atom stereocenters. The molecule has 1 aliphatic rings. The Hall–Kier alpha value is -0.910. The molecule has 0 bridgehead atoms. The molecule has 1 fully saturated rings. The molecule has 1 aromatic heterocycles. The van der Waals surface area contributed by atoms with Crippen molar-refractivity contribution < 1.29 is 5.11 Å². The number of hydrogen-bond donors (Lipinski definition) is 2. The van der Waals surface area contributed by atoms with Crippen molar-refractivity contribution in [2.24, 2.45) is 5.41 Å². The first-order chi connectivity index (χ1) is 9.21. The van der Waals surface area contributed by atoms with Gasteiger partial charge in [0.15, 0.2) is 5.13 Å². The van der Waals surface area contributed by atoms with E-state index in [-0.39, 0.29) is 12.0 Å². The van der Waals surface area contributed by atoms with Crippen molar-refractivity contribution in [2.45, 2.75) is 25.8 Å². The summed E-state index contributed by atoms with van der Waals surface area (Å²) in [5.41, 5.74) is 1.11. The highest BCUT2D eigenvalue weighted by molar-refractivity contribution is 7.13. The highest BCUT2D eigenvalue weighted by Crippen LogP contribution is 2.34. The normalized spacial score (nSPS) is 24.3. The van der Waals surface area contributed by atoms with Crippen molar-refractivity contribution in [1.29, 1.82) is 0 Å². The van der Waals surface area contributed by atoms with Crippen LogP contribution < -0.4 is 5.32 Å². The van der Waals surface area contributed by atoms with Crippen LogP contribution in [-0.4, -0.2) is 41.7 Å². The van der Waals surface area contributed by atoms with Gasteiger partial charge in [-0.15, -0.1) is 17.9 Å². The number of allylic oxidation sites excluding steroid dienone is 1. The number of rotatable bonds is 6. The zero-order valence-electron chi connectivity index (χ0n) is 11.6. The number of aromatic nitrogens is 1. The zero-order chi connectivity index (χ0) is 13.7. The second-order valence-corrected chi connectivity index (χ2v) is 6.22. The SMILES string of the molecule is C=CCC1(CO)CCCN(Cc2csc(NC)n2)C1. The van der Waals surface area contributed by atoms with Crippen LogP contribution in [0.5, 0.6) is 0 Å². The number of thiazole rings is 1. The maximum absolute atomic E-state index is 9.70. The summed E-state index contributed by atoms with van der Waals surface area (Å²) in [6.07, 6.45) is 5.04. The highest BCUT2D eigenvalue weighted by atomic mass is 32.1. The van der Waals surface area contributed by atoms with E-state index in [0.29, 0.717) is 0 Å². The summed E-state index contributed by atoms with van der Waals surface area (Å²) < 4.78 is 0. The van der Waals surface area contributed by atoms with Gasteiger partial charge in [-0.05, 0) is 25.8 Å². The van der Waals surface area contributed by atoms with Gasteiger partial charge in [0.2, 0.25) is 0 Å². The maximum Gasteiger partial charge on any atom is 0.182 e. The lowest BCUT2D eigenvalue weighted by Crippen LogP contribution is -2.44. The summed E-state index contributed by atoms with van der Waals surface area (Å²) >= 11 is 1.64. The predicted octanol–water partition coefficient (Wildman–Crippen LogP) is 2.34. The van der Waals surface area contributed by atoms with E-state index in [2.05, 4.69) is 27.2 Å². The monoisotopic (exact) mass is 281 g/mol. The predicted molar refractivity (Wildman–Crippen MR) is 80.5 cm³/mol. The van der Waals surface area contributed by atoms with Crippen molar-refractivity contribution in [3.63, 3.8) is 0 Å². The second kappa shape index (κ2) is 6.50. The fourth-order valence-corrected chi connectivity index (χ4v) is 3.50. The fourth-order valence-electron chi connectivity index (χ4n) is 2.84. The van der Waals surface area contributed by atoms with Crippen LogP contribution in [0.4, 0.5) is 5.13 Å². The molecule has 19 heavy (non-hydrogen) atoms. The molecule has 0 saturated carbocycles. The molecule has 4 nitrogen and oxygen atoms in total. The number of nitrogens with one attached hydrogen (secondary N) is 1. The van der Waals surface area contributed by atoms with E-state index in [1.165, 1.54) is 0 Å². The van der Waals surface area contributed by atoms with E-state index >= 15 is 0 Å². The first-order valence-corrected chi connectivity index (χ1v) is 7.65. The maximum atomic E-state index is 9.70. The molecule has 0 aromatic carbocycles. The minimum Gasteiger partial charge on any atom is -0.396 e. The molecule has 1 aromatic rings. The van der Waals surface area contributed by atoms with E-state index in [0.717, 1.165) is 49.7 Å². The minimum atomic E-state index is 0.00184. The van der Waals surface area contributed by atoms with Crippen molar-refractivity contribution in [1.82, 2.24) is 9.88 Å². The van der Waals surface area contributed by atoms with Gasteiger partial charge in [-0.2, -0.15) is 0 Å². The number of aliphatic hydroxyl groups is 1. The molecule has 2 heterocycles. The van der Waals surface area contributed by atoms with Crippen LogP contribution in [0.3, 0.4) is 0 Å². The van der Waals surface area contributed by atoms with Crippen LogP contribution in [0.25, 0.3) is 0 Å². The van der Waals surface area contributed by atoms with Gasteiger partial charge in [0.05, 0.1) is 12.3 Å². The first kappa shape index (κ1) is 14.5. The average molecular weight is 281 g/mol. The second-order valence-electron chi connectivity index (χ2n) is 5.36. The molecule has 0 radical (unpaired) electrons. The molecule has 0 amide bonds. The topological polar surface area (TPSA) is 48.4 Å². The van der Waals surface area contributed by atoms with Crippen molar-refractivity contribution in [3.8, 4) is 0 Å². The molecule has 5 heteroatoms. The lowest BCUT2D eigenvalue weighted by Gasteiger charge is -2.41. The Morgan fingerprint density at radius 3 is 3.16 bits per heavy atom. The zero-order valence-corrected chi connectivity index (χ0v) is 12.4. The largest absolute Gasteiger partial charge is 0.396 e. The molecule has 0 aliphatic carbocycles. The summed E-state index contributed by atoms with van der Waals surface area (Å²) in [6.45, 7) is 6.96. The minimum absolute atomic E-state index is 0.00184. The Balaban J connectivity index is 1.98. The van der Waals surface area contributed by atoms with E-state index in [1.807, 2.05) is 13.1 Å². The molecule has 1 saturated heterocycles. The van der Waals surface area contributed by atoms with Gasteiger partial charge in [-0.1, -0.05) is 6.08 Å². The number of aliphatic hydroxyl groups excluding tert-OH is 1. The number of piperidine rings is 1. The van der Waals surface area contributed by atoms with E-state index in [1.54, 1.807) is 11.3 Å². The molecule has 106 valence electrons. The molecule has 0 spiro atoms. The Bertz CT molecular complexity index is 421. The van der Waals surface area contributed by atoms with Crippen LogP contribution in [-0.2, 0) is 6.54 Å². The third kappa shape index (κ3) is 3.55. The van der Waals surface area contributed by atoms with E-state index in [9.17, 15) is 5.11 Å². The number of nitrogens with zero attached hydrogens (tertiary/aromatic N) is 2. The Kier molecular flexibility index (Phi) is 4.96. The van der Waals surface area contributed by atoms with Crippen LogP contribution in [0.2, 0.25) is 0 Å². The average Bonchev–Trinajstić information content (AvgIpc) is 2.87. The van der Waals surface area contributed by atoms with Gasteiger partial charge in [0.25, 0.3) is 0 Å². The first-order valence-electron chi connectivity index (χ1n) is 6.77. The quantitative estimate of drug-likeness (QED) is 0.786. The third-order valence-electron chi connectivity index (χ3n) is 3.80. The van der Waals surface area contributed by atoms with Crippen molar-refractivity contribution in [2.75, 3.05) is 32.1 Å². The van der Waals surface area contributed by atoms with Gasteiger partial charge in [-0.3, -0.25) is 4.90 Å². The fraction of sp³-hybridized carbons (Fsp3) is 0.643. The Morgan fingerprint density at radius 1 is 1.68 bits per heavy atom. The molecule has 2 N–H and O–H groups in total. The van der Waals surface area contributed by atoms with Gasteiger partial charge in [0, 0.05) is 30.9 Å². The van der Waals surface area contributed by atoms with Crippen molar-refractivity contribution in [3.05, 3.63) is 23.7 Å². The highest BCUT2D eigenvalue weighted by Gasteiger charge is 2.33. The summed E-state index contributed by atoms with van der Waals surface area (Å²) in [4.78, 5) is 6.93. The lowest BCUT2D eigenvalue weighted by molar-refractivity contribution is 0.0305. The molecular formula is C14H23N3OS. The van der Waals surface area contributed by atoms with E-state index in [4.69, 9.17) is 0 Å². The molecular weight excluding hydrogens is 258 g/mol.